The number of unbranched alkanes of at least 4 members (excludes halogenated alkanes) is 1. The highest BCUT2D eigenvalue weighted by atomic mass is 16.3. The topological polar surface area (TPSA) is 49.5 Å². The molecule has 1 fully saturated rings. The van der Waals surface area contributed by atoms with Gasteiger partial charge >= 0.3 is 0 Å². The largest absolute Gasteiger partial charge is 0.394 e. The molecule has 0 aromatic heterocycles. The van der Waals surface area contributed by atoms with Crippen LogP contribution in [0, 0.1) is 0 Å². The molecule has 96 valence electrons. The lowest BCUT2D eigenvalue weighted by Crippen LogP contribution is -2.53. The number of nitrogens with two attached hydrogens (primary N) is 1. The Kier molecular flexibility index (Phi) is 5.73. The van der Waals surface area contributed by atoms with Gasteiger partial charge in [-0.15, -0.1) is 0 Å². The van der Waals surface area contributed by atoms with Crippen molar-refractivity contribution in [2.75, 3.05) is 19.7 Å². The van der Waals surface area contributed by atoms with Crippen LogP contribution in [0.5, 0.6) is 0 Å². The van der Waals surface area contributed by atoms with E-state index in [0.29, 0.717) is 6.04 Å². The van der Waals surface area contributed by atoms with Crippen molar-refractivity contribution in [3.05, 3.63) is 0 Å². The van der Waals surface area contributed by atoms with Crippen LogP contribution in [0.15, 0.2) is 0 Å². The number of aliphatic hydroxyl groups excluding tert-OH is 1. The van der Waals surface area contributed by atoms with Crippen molar-refractivity contribution in [3.8, 4) is 0 Å². The zero-order valence-corrected chi connectivity index (χ0v) is 10.9. The van der Waals surface area contributed by atoms with Crippen LogP contribution < -0.4 is 5.73 Å². The number of nitrogens with zero attached hydrogens (tertiary/aromatic N) is 1. The molecule has 1 aliphatic rings. The molecule has 2 unspecified atom stereocenters. The van der Waals surface area contributed by atoms with Crippen molar-refractivity contribution >= 4 is 0 Å². The molecule has 0 spiro atoms. The van der Waals surface area contributed by atoms with E-state index in [-0.39, 0.29) is 12.1 Å². The Morgan fingerprint density at radius 1 is 1.44 bits per heavy atom. The lowest BCUT2D eigenvalue weighted by Gasteiger charge is -2.41. The second-order valence-electron chi connectivity index (χ2n) is 5.25. The fraction of sp³-hybridized carbons (Fsp3) is 1.00. The summed E-state index contributed by atoms with van der Waals surface area (Å²) in [6.45, 7) is 6.87. The van der Waals surface area contributed by atoms with Crippen molar-refractivity contribution < 1.29 is 5.11 Å². The van der Waals surface area contributed by atoms with E-state index < -0.39 is 0 Å². The third-order valence-corrected chi connectivity index (χ3v) is 3.89. The zero-order chi connectivity index (χ0) is 12.0. The average Bonchev–Trinajstić information content (AvgIpc) is 2.30. The van der Waals surface area contributed by atoms with Crippen molar-refractivity contribution in [1.29, 1.82) is 0 Å². The van der Waals surface area contributed by atoms with E-state index in [9.17, 15) is 5.11 Å². The van der Waals surface area contributed by atoms with Crippen molar-refractivity contribution in [1.82, 2.24) is 4.90 Å². The Bertz CT molecular complexity index is 198. The van der Waals surface area contributed by atoms with Gasteiger partial charge in [0.15, 0.2) is 0 Å². The van der Waals surface area contributed by atoms with E-state index in [2.05, 4.69) is 18.7 Å². The smallest absolute Gasteiger partial charge is 0.0611 e. The molecule has 0 radical (unpaired) electrons. The Morgan fingerprint density at radius 3 is 2.75 bits per heavy atom. The molecule has 0 aromatic rings. The van der Waals surface area contributed by atoms with Gasteiger partial charge in [0.2, 0.25) is 0 Å². The van der Waals surface area contributed by atoms with Gasteiger partial charge in [-0.25, -0.2) is 0 Å². The first kappa shape index (κ1) is 13.9. The highest BCUT2D eigenvalue weighted by Gasteiger charge is 2.34. The minimum atomic E-state index is -0.317. The molecule has 3 N–H and O–H groups in total. The van der Waals surface area contributed by atoms with Gasteiger partial charge in [-0.2, -0.15) is 0 Å². The van der Waals surface area contributed by atoms with Crippen LogP contribution in [0.1, 0.15) is 52.4 Å². The number of hydrogen-bond acceptors (Lipinski definition) is 3. The summed E-state index contributed by atoms with van der Waals surface area (Å²) in [5.41, 5.74) is 5.88. The molecule has 0 aromatic carbocycles. The van der Waals surface area contributed by atoms with Crippen LogP contribution in [0.3, 0.4) is 0 Å². The normalized spacial score (nSPS) is 30.9. The summed E-state index contributed by atoms with van der Waals surface area (Å²) in [6, 6.07) is 0.586. The van der Waals surface area contributed by atoms with Gasteiger partial charge in [0.25, 0.3) is 0 Å². The lowest BCUT2D eigenvalue weighted by atomic mass is 9.79. The average molecular weight is 228 g/mol. The summed E-state index contributed by atoms with van der Waals surface area (Å²) in [7, 11) is 0. The Balaban J connectivity index is 2.50. The van der Waals surface area contributed by atoms with Gasteiger partial charge in [0.1, 0.15) is 0 Å². The van der Waals surface area contributed by atoms with E-state index in [1.54, 1.807) is 0 Å². The predicted octanol–water partition coefficient (Wildman–Crippen LogP) is 1.74. The highest BCUT2D eigenvalue weighted by Crippen LogP contribution is 2.29. The molecular weight excluding hydrogens is 200 g/mol. The molecule has 0 bridgehead atoms. The minimum absolute atomic E-state index is 0.134. The van der Waals surface area contributed by atoms with E-state index in [1.807, 2.05) is 0 Å². The first-order chi connectivity index (χ1) is 7.65. The predicted molar refractivity (Wildman–Crippen MR) is 68.4 cm³/mol. The van der Waals surface area contributed by atoms with Gasteiger partial charge < -0.3 is 15.7 Å². The summed E-state index contributed by atoms with van der Waals surface area (Å²) in [4.78, 5) is 2.54. The van der Waals surface area contributed by atoms with Gasteiger partial charge in [0.05, 0.1) is 6.61 Å². The van der Waals surface area contributed by atoms with Crippen LogP contribution in [-0.2, 0) is 0 Å². The number of rotatable bonds is 6. The highest BCUT2D eigenvalue weighted by molar-refractivity contribution is 4.93. The van der Waals surface area contributed by atoms with Crippen molar-refractivity contribution in [3.63, 3.8) is 0 Å². The molecule has 0 amide bonds. The quantitative estimate of drug-likeness (QED) is 0.728. The molecule has 16 heavy (non-hydrogen) atoms. The SMILES string of the molecule is CCCCN(CC)C1CCCC(N)(CO)C1. The van der Waals surface area contributed by atoms with E-state index in [1.165, 1.54) is 25.8 Å². The second-order valence-corrected chi connectivity index (χ2v) is 5.25. The molecule has 1 aliphatic carbocycles. The fourth-order valence-electron chi connectivity index (χ4n) is 2.78. The van der Waals surface area contributed by atoms with E-state index in [4.69, 9.17) is 5.73 Å². The molecule has 0 heterocycles. The third-order valence-electron chi connectivity index (χ3n) is 3.89. The molecular formula is C13H28N2O. The standard InChI is InChI=1S/C13H28N2O/c1-3-5-9-15(4-2)12-7-6-8-13(14,10-12)11-16/h12,16H,3-11,14H2,1-2H3. The van der Waals surface area contributed by atoms with Crippen molar-refractivity contribution in [2.24, 2.45) is 5.73 Å². The molecule has 3 nitrogen and oxygen atoms in total. The van der Waals surface area contributed by atoms with Crippen LogP contribution in [0.25, 0.3) is 0 Å². The molecule has 0 saturated heterocycles. The first-order valence-corrected chi connectivity index (χ1v) is 6.79. The summed E-state index contributed by atoms with van der Waals surface area (Å²) >= 11 is 0. The molecule has 1 saturated carbocycles. The fourth-order valence-corrected chi connectivity index (χ4v) is 2.78. The van der Waals surface area contributed by atoms with Crippen LogP contribution in [-0.4, -0.2) is 41.3 Å². The molecule has 2 atom stereocenters. The van der Waals surface area contributed by atoms with Crippen LogP contribution in [0.2, 0.25) is 0 Å². The summed E-state index contributed by atoms with van der Waals surface area (Å²) < 4.78 is 0. The summed E-state index contributed by atoms with van der Waals surface area (Å²) in [5, 5.41) is 9.36. The summed E-state index contributed by atoms with van der Waals surface area (Å²) in [5.74, 6) is 0. The van der Waals surface area contributed by atoms with Gasteiger partial charge in [-0.05, 0) is 45.2 Å². The lowest BCUT2D eigenvalue weighted by molar-refractivity contribution is 0.0830. The van der Waals surface area contributed by atoms with Crippen LogP contribution >= 0.6 is 0 Å². The summed E-state index contributed by atoms with van der Waals surface area (Å²) in [6.07, 6.45) is 6.85. The number of aliphatic hydroxyl groups is 1. The maximum absolute atomic E-state index is 9.36. The van der Waals surface area contributed by atoms with E-state index >= 15 is 0 Å². The van der Waals surface area contributed by atoms with Gasteiger partial charge in [-0.1, -0.05) is 20.3 Å². The molecule has 1 rings (SSSR count). The zero-order valence-electron chi connectivity index (χ0n) is 10.9. The van der Waals surface area contributed by atoms with Crippen molar-refractivity contribution in [2.45, 2.75) is 64.0 Å². The van der Waals surface area contributed by atoms with Gasteiger partial charge in [0, 0.05) is 11.6 Å². The third kappa shape index (κ3) is 3.72. The second kappa shape index (κ2) is 6.58. The Morgan fingerprint density at radius 2 is 2.19 bits per heavy atom. The molecule has 0 aliphatic heterocycles. The number of hydrogen-bond donors (Lipinski definition) is 2. The van der Waals surface area contributed by atoms with Gasteiger partial charge in [-0.3, -0.25) is 0 Å². The van der Waals surface area contributed by atoms with E-state index in [0.717, 1.165) is 25.8 Å². The molecule has 3 heteroatoms. The Hall–Kier alpha value is -0.120. The monoisotopic (exact) mass is 228 g/mol. The Labute approximate surface area is 100 Å². The maximum atomic E-state index is 9.36. The first-order valence-electron chi connectivity index (χ1n) is 6.79. The maximum Gasteiger partial charge on any atom is 0.0611 e. The minimum Gasteiger partial charge on any atom is -0.394 e. The van der Waals surface area contributed by atoms with Crippen LogP contribution in [0.4, 0.5) is 0 Å².